The zero-order chi connectivity index (χ0) is 10.5. The van der Waals surface area contributed by atoms with Gasteiger partial charge in [-0.1, -0.05) is 6.07 Å². The van der Waals surface area contributed by atoms with Crippen molar-refractivity contribution in [1.82, 2.24) is 0 Å². The SMILES string of the molecule is NCC1CCc2ccc(F)cc2C12CC2. The van der Waals surface area contributed by atoms with Gasteiger partial charge in [0.15, 0.2) is 0 Å². The maximum absolute atomic E-state index is 13.3. The third-order valence-electron chi connectivity index (χ3n) is 4.23. The number of rotatable bonds is 1. The smallest absolute Gasteiger partial charge is 0.123 e. The first kappa shape index (κ1) is 9.34. The summed E-state index contributed by atoms with van der Waals surface area (Å²) in [7, 11) is 0. The molecule has 1 unspecified atom stereocenters. The molecule has 15 heavy (non-hydrogen) atoms. The molecule has 3 rings (SSSR count). The third-order valence-corrected chi connectivity index (χ3v) is 4.23. The van der Waals surface area contributed by atoms with E-state index in [1.807, 2.05) is 6.07 Å². The van der Waals surface area contributed by atoms with Crippen LogP contribution in [-0.4, -0.2) is 6.54 Å². The first-order valence-corrected chi connectivity index (χ1v) is 5.75. The maximum atomic E-state index is 13.3. The minimum Gasteiger partial charge on any atom is -0.330 e. The fourth-order valence-electron chi connectivity index (χ4n) is 3.21. The summed E-state index contributed by atoms with van der Waals surface area (Å²) in [6.45, 7) is 0.746. The van der Waals surface area contributed by atoms with E-state index in [9.17, 15) is 4.39 Å². The minimum absolute atomic E-state index is 0.0994. The van der Waals surface area contributed by atoms with Crippen LogP contribution in [0.3, 0.4) is 0 Å². The molecule has 2 aliphatic rings. The van der Waals surface area contributed by atoms with Gasteiger partial charge in [-0.2, -0.15) is 0 Å². The molecule has 1 saturated carbocycles. The zero-order valence-corrected chi connectivity index (χ0v) is 8.80. The van der Waals surface area contributed by atoms with Gasteiger partial charge in [-0.05, 0) is 66.8 Å². The van der Waals surface area contributed by atoms with E-state index in [1.54, 1.807) is 12.1 Å². The van der Waals surface area contributed by atoms with Crippen molar-refractivity contribution in [2.75, 3.05) is 6.54 Å². The van der Waals surface area contributed by atoms with Gasteiger partial charge in [-0.15, -0.1) is 0 Å². The van der Waals surface area contributed by atoms with Crippen LogP contribution in [0.25, 0.3) is 0 Å². The zero-order valence-electron chi connectivity index (χ0n) is 8.80. The number of halogens is 1. The molecule has 0 radical (unpaired) electrons. The van der Waals surface area contributed by atoms with E-state index >= 15 is 0 Å². The largest absolute Gasteiger partial charge is 0.330 e. The molecule has 0 amide bonds. The van der Waals surface area contributed by atoms with Gasteiger partial charge >= 0.3 is 0 Å². The molecule has 1 nitrogen and oxygen atoms in total. The lowest BCUT2D eigenvalue weighted by Gasteiger charge is -2.33. The molecule has 0 heterocycles. The van der Waals surface area contributed by atoms with E-state index in [0.717, 1.165) is 13.0 Å². The second-order valence-corrected chi connectivity index (χ2v) is 4.93. The van der Waals surface area contributed by atoms with Crippen molar-refractivity contribution < 1.29 is 4.39 Å². The van der Waals surface area contributed by atoms with E-state index in [2.05, 4.69) is 0 Å². The highest BCUT2D eigenvalue weighted by atomic mass is 19.1. The van der Waals surface area contributed by atoms with Crippen molar-refractivity contribution in [3.8, 4) is 0 Å². The molecule has 2 heteroatoms. The average Bonchev–Trinajstić information content (AvgIpc) is 3.01. The Bertz CT molecular complexity index is 396. The molecule has 2 aliphatic carbocycles. The molecule has 1 aromatic rings. The van der Waals surface area contributed by atoms with E-state index < -0.39 is 0 Å². The molecular formula is C13H16FN. The summed E-state index contributed by atoms with van der Waals surface area (Å²) in [6.07, 6.45) is 4.64. The van der Waals surface area contributed by atoms with Gasteiger partial charge in [0.25, 0.3) is 0 Å². The Morgan fingerprint density at radius 3 is 2.87 bits per heavy atom. The van der Waals surface area contributed by atoms with Crippen molar-refractivity contribution in [1.29, 1.82) is 0 Å². The second kappa shape index (κ2) is 3.05. The van der Waals surface area contributed by atoms with E-state index in [0.29, 0.717) is 5.92 Å². The molecule has 0 aliphatic heterocycles. The number of hydrogen-bond donors (Lipinski definition) is 1. The molecule has 2 N–H and O–H groups in total. The predicted octanol–water partition coefficient (Wildman–Crippen LogP) is 2.38. The quantitative estimate of drug-likeness (QED) is 0.748. The lowest BCUT2D eigenvalue weighted by atomic mass is 9.72. The maximum Gasteiger partial charge on any atom is 0.123 e. The summed E-state index contributed by atoms with van der Waals surface area (Å²) in [5.41, 5.74) is 8.67. The van der Waals surface area contributed by atoms with Crippen molar-refractivity contribution in [3.05, 3.63) is 35.1 Å². The van der Waals surface area contributed by atoms with Crippen LogP contribution < -0.4 is 5.73 Å². The van der Waals surface area contributed by atoms with Gasteiger partial charge < -0.3 is 5.73 Å². The number of hydrogen-bond acceptors (Lipinski definition) is 1. The Hall–Kier alpha value is -0.890. The predicted molar refractivity (Wildman–Crippen MR) is 58.2 cm³/mol. The Morgan fingerprint density at radius 1 is 1.40 bits per heavy atom. The Morgan fingerprint density at radius 2 is 2.20 bits per heavy atom. The molecule has 1 aromatic carbocycles. The summed E-state index contributed by atoms with van der Waals surface area (Å²) in [6, 6.07) is 5.28. The van der Waals surface area contributed by atoms with Crippen molar-refractivity contribution >= 4 is 0 Å². The fourth-order valence-corrected chi connectivity index (χ4v) is 3.21. The summed E-state index contributed by atoms with van der Waals surface area (Å²) in [5, 5.41) is 0. The Balaban J connectivity index is 2.10. The van der Waals surface area contributed by atoms with Gasteiger partial charge in [0.05, 0.1) is 0 Å². The van der Waals surface area contributed by atoms with Crippen LogP contribution in [0, 0.1) is 11.7 Å². The number of benzene rings is 1. The highest BCUT2D eigenvalue weighted by Gasteiger charge is 2.52. The first-order valence-electron chi connectivity index (χ1n) is 5.75. The van der Waals surface area contributed by atoms with Crippen LogP contribution in [0.5, 0.6) is 0 Å². The highest BCUT2D eigenvalue weighted by Crippen LogP contribution is 2.58. The number of aryl methyl sites for hydroxylation is 1. The number of nitrogens with two attached hydrogens (primary N) is 1. The second-order valence-electron chi connectivity index (χ2n) is 4.93. The van der Waals surface area contributed by atoms with Crippen molar-refractivity contribution in [2.45, 2.75) is 31.1 Å². The monoisotopic (exact) mass is 205 g/mol. The molecule has 1 fully saturated rings. The third kappa shape index (κ3) is 1.24. The van der Waals surface area contributed by atoms with Crippen LogP contribution in [0.15, 0.2) is 18.2 Å². The van der Waals surface area contributed by atoms with Crippen LogP contribution in [0.2, 0.25) is 0 Å². The van der Waals surface area contributed by atoms with E-state index in [-0.39, 0.29) is 11.2 Å². The van der Waals surface area contributed by atoms with Crippen LogP contribution in [0.4, 0.5) is 4.39 Å². The van der Waals surface area contributed by atoms with Crippen LogP contribution >= 0.6 is 0 Å². The van der Waals surface area contributed by atoms with Gasteiger partial charge in [0, 0.05) is 0 Å². The molecule has 1 atom stereocenters. The Kier molecular flexibility index (Phi) is 1.90. The molecule has 1 spiro atoms. The standard InChI is InChI=1S/C13H16FN/c14-11-4-2-9-1-3-10(8-15)13(5-6-13)12(9)7-11/h2,4,7,10H,1,3,5-6,8,15H2. The van der Waals surface area contributed by atoms with Gasteiger partial charge in [0.2, 0.25) is 0 Å². The summed E-state index contributed by atoms with van der Waals surface area (Å²) >= 11 is 0. The first-order chi connectivity index (χ1) is 7.26. The average molecular weight is 205 g/mol. The van der Waals surface area contributed by atoms with Crippen LogP contribution in [-0.2, 0) is 11.8 Å². The molecule has 80 valence electrons. The van der Waals surface area contributed by atoms with Gasteiger partial charge in [-0.25, -0.2) is 4.39 Å². The molecular weight excluding hydrogens is 189 g/mol. The highest BCUT2D eigenvalue weighted by molar-refractivity contribution is 5.42. The van der Waals surface area contributed by atoms with E-state index in [1.165, 1.54) is 30.4 Å². The summed E-state index contributed by atoms with van der Waals surface area (Å²) in [5.74, 6) is 0.476. The van der Waals surface area contributed by atoms with Gasteiger partial charge in [-0.3, -0.25) is 0 Å². The van der Waals surface area contributed by atoms with Crippen LogP contribution in [0.1, 0.15) is 30.4 Å². The lowest BCUT2D eigenvalue weighted by Crippen LogP contribution is -2.33. The summed E-state index contributed by atoms with van der Waals surface area (Å²) < 4.78 is 13.3. The van der Waals surface area contributed by atoms with E-state index in [4.69, 9.17) is 5.73 Å². The topological polar surface area (TPSA) is 26.0 Å². The molecule has 0 saturated heterocycles. The number of fused-ring (bicyclic) bond motifs is 2. The van der Waals surface area contributed by atoms with Gasteiger partial charge in [0.1, 0.15) is 5.82 Å². The normalized spacial score (nSPS) is 26.4. The molecule has 0 aromatic heterocycles. The minimum atomic E-state index is -0.0994. The fraction of sp³-hybridized carbons (Fsp3) is 0.538. The van der Waals surface area contributed by atoms with Crippen molar-refractivity contribution in [3.63, 3.8) is 0 Å². The molecule has 0 bridgehead atoms. The summed E-state index contributed by atoms with van der Waals surface area (Å²) in [4.78, 5) is 0. The lowest BCUT2D eigenvalue weighted by molar-refractivity contribution is 0.360. The van der Waals surface area contributed by atoms with Crippen molar-refractivity contribution in [2.24, 2.45) is 11.7 Å². The Labute approximate surface area is 89.5 Å².